The predicted molar refractivity (Wildman–Crippen MR) is 47.1 cm³/mol. The van der Waals surface area contributed by atoms with Gasteiger partial charge >= 0.3 is 0 Å². The molecule has 0 rings (SSSR count). The van der Waals surface area contributed by atoms with E-state index < -0.39 is 0 Å². The van der Waals surface area contributed by atoms with Gasteiger partial charge in [-0.1, -0.05) is 0 Å². The number of nitrogens with two attached hydrogens (primary N) is 3. The molecule has 6 heteroatoms. The van der Waals surface area contributed by atoms with Gasteiger partial charge in [0.05, 0.1) is 6.04 Å². The number of hydrazine groups is 1. The summed E-state index contributed by atoms with van der Waals surface area (Å²) in [5.41, 5.74) is 12.5. The fourth-order valence-electron chi connectivity index (χ4n) is 0.710. The number of nitrogens with zero attached hydrogens (tertiary/aromatic N) is 1. The number of guanidine groups is 1. The molecule has 0 aromatic heterocycles. The van der Waals surface area contributed by atoms with Crippen molar-refractivity contribution in [2.75, 3.05) is 6.54 Å². The van der Waals surface area contributed by atoms with E-state index in [1.807, 2.05) is 0 Å². The number of carbonyl (C=O) groups excluding carboxylic acids is 1. The second-order valence-corrected chi connectivity index (χ2v) is 2.36. The molecule has 0 aliphatic carbocycles. The highest BCUT2D eigenvalue weighted by molar-refractivity contribution is 5.75. The average molecular weight is 173 g/mol. The standard InChI is InChI=1S/C6H15N5O/c7-6(8)10-3-1-2-5(4-12)11-9/h4-5,11H,1-3,9H2,(H4,7,8,10). The van der Waals surface area contributed by atoms with Crippen LogP contribution in [0.5, 0.6) is 0 Å². The third kappa shape index (κ3) is 5.63. The lowest BCUT2D eigenvalue weighted by Gasteiger charge is -2.05. The van der Waals surface area contributed by atoms with Crippen LogP contribution in [-0.2, 0) is 4.79 Å². The molecule has 6 nitrogen and oxygen atoms in total. The van der Waals surface area contributed by atoms with Crippen LogP contribution < -0.4 is 22.7 Å². The lowest BCUT2D eigenvalue weighted by Crippen LogP contribution is -2.36. The molecule has 0 aliphatic heterocycles. The summed E-state index contributed by atoms with van der Waals surface area (Å²) in [5.74, 6) is 5.13. The highest BCUT2D eigenvalue weighted by Crippen LogP contribution is 1.93. The lowest BCUT2D eigenvalue weighted by atomic mass is 10.2. The molecule has 1 unspecified atom stereocenters. The van der Waals surface area contributed by atoms with E-state index in [2.05, 4.69) is 10.4 Å². The molecule has 0 saturated heterocycles. The van der Waals surface area contributed by atoms with Crippen molar-refractivity contribution < 1.29 is 4.79 Å². The summed E-state index contributed by atoms with van der Waals surface area (Å²) < 4.78 is 0. The molecule has 0 bridgehead atoms. The van der Waals surface area contributed by atoms with Crippen molar-refractivity contribution in [3.8, 4) is 0 Å². The van der Waals surface area contributed by atoms with Gasteiger partial charge in [-0.2, -0.15) is 0 Å². The van der Waals surface area contributed by atoms with Crippen molar-refractivity contribution in [3.63, 3.8) is 0 Å². The SMILES string of the molecule is NNC(C=O)CCCN=C(N)N. The normalized spacial score (nSPS) is 12.1. The van der Waals surface area contributed by atoms with Crippen molar-refractivity contribution in [2.45, 2.75) is 18.9 Å². The molecule has 0 amide bonds. The molecular weight excluding hydrogens is 158 g/mol. The average Bonchev–Trinajstić information content (AvgIpc) is 2.04. The zero-order valence-corrected chi connectivity index (χ0v) is 6.86. The Morgan fingerprint density at radius 2 is 2.25 bits per heavy atom. The van der Waals surface area contributed by atoms with Crippen molar-refractivity contribution in [2.24, 2.45) is 22.3 Å². The predicted octanol–water partition coefficient (Wildman–Crippen LogP) is -1.93. The van der Waals surface area contributed by atoms with Crippen LogP contribution in [0.2, 0.25) is 0 Å². The molecule has 70 valence electrons. The summed E-state index contributed by atoms with van der Waals surface area (Å²) >= 11 is 0. The number of aliphatic imine (C=N–C) groups is 1. The van der Waals surface area contributed by atoms with Gasteiger partial charge in [0.2, 0.25) is 0 Å². The van der Waals surface area contributed by atoms with Crippen LogP contribution in [0.15, 0.2) is 4.99 Å². The van der Waals surface area contributed by atoms with E-state index >= 15 is 0 Å². The number of carbonyl (C=O) groups is 1. The quantitative estimate of drug-likeness (QED) is 0.0931. The topological polar surface area (TPSA) is 120 Å². The lowest BCUT2D eigenvalue weighted by molar-refractivity contribution is -0.109. The Morgan fingerprint density at radius 3 is 2.67 bits per heavy atom. The molecule has 0 spiro atoms. The van der Waals surface area contributed by atoms with Crippen LogP contribution >= 0.6 is 0 Å². The second kappa shape index (κ2) is 6.56. The van der Waals surface area contributed by atoms with Crippen LogP contribution in [0.1, 0.15) is 12.8 Å². The van der Waals surface area contributed by atoms with Gasteiger partial charge in [0.15, 0.2) is 5.96 Å². The molecule has 0 aliphatic rings. The van der Waals surface area contributed by atoms with Gasteiger partial charge in [0.25, 0.3) is 0 Å². The maximum Gasteiger partial charge on any atom is 0.185 e. The minimum atomic E-state index is -0.306. The minimum absolute atomic E-state index is 0.0679. The fourth-order valence-corrected chi connectivity index (χ4v) is 0.710. The van der Waals surface area contributed by atoms with Gasteiger partial charge in [-0.25, -0.2) is 0 Å². The van der Waals surface area contributed by atoms with Crippen LogP contribution in [-0.4, -0.2) is 24.8 Å². The Labute approximate surface area is 71.2 Å². The molecule has 0 aromatic carbocycles. The van der Waals surface area contributed by atoms with E-state index in [1.165, 1.54) is 0 Å². The summed E-state index contributed by atoms with van der Waals surface area (Å²) in [6.07, 6.45) is 2.12. The summed E-state index contributed by atoms with van der Waals surface area (Å²) in [4.78, 5) is 14.0. The number of nitrogens with one attached hydrogen (secondary N) is 1. The van der Waals surface area contributed by atoms with Gasteiger partial charge in [-0.3, -0.25) is 16.3 Å². The van der Waals surface area contributed by atoms with Crippen molar-refractivity contribution >= 4 is 12.2 Å². The summed E-state index contributed by atoms with van der Waals surface area (Å²) in [6, 6.07) is -0.306. The van der Waals surface area contributed by atoms with E-state index in [-0.39, 0.29) is 12.0 Å². The second-order valence-electron chi connectivity index (χ2n) is 2.36. The molecule has 7 N–H and O–H groups in total. The molecule has 12 heavy (non-hydrogen) atoms. The zero-order chi connectivity index (χ0) is 9.40. The van der Waals surface area contributed by atoms with Gasteiger partial charge in [0.1, 0.15) is 6.29 Å². The third-order valence-corrected chi connectivity index (χ3v) is 1.35. The Hall–Kier alpha value is -1.14. The Balaban J connectivity index is 3.41. The van der Waals surface area contributed by atoms with Crippen LogP contribution in [0.4, 0.5) is 0 Å². The van der Waals surface area contributed by atoms with E-state index in [0.717, 1.165) is 12.7 Å². The number of rotatable bonds is 6. The van der Waals surface area contributed by atoms with E-state index in [1.54, 1.807) is 0 Å². The van der Waals surface area contributed by atoms with Gasteiger partial charge in [0, 0.05) is 6.54 Å². The Kier molecular flexibility index (Phi) is 5.94. The van der Waals surface area contributed by atoms with Crippen molar-refractivity contribution in [1.82, 2.24) is 5.43 Å². The van der Waals surface area contributed by atoms with Crippen LogP contribution in [0, 0.1) is 0 Å². The largest absolute Gasteiger partial charge is 0.370 e. The smallest absolute Gasteiger partial charge is 0.185 e. The highest BCUT2D eigenvalue weighted by atomic mass is 16.1. The van der Waals surface area contributed by atoms with Gasteiger partial charge < -0.3 is 16.3 Å². The molecule has 0 radical (unpaired) electrons. The summed E-state index contributed by atoms with van der Waals surface area (Å²) in [5, 5.41) is 0. The fraction of sp³-hybridized carbons (Fsp3) is 0.667. The Morgan fingerprint density at radius 1 is 1.58 bits per heavy atom. The summed E-state index contributed by atoms with van der Waals surface area (Å²) in [7, 11) is 0. The van der Waals surface area contributed by atoms with E-state index in [0.29, 0.717) is 13.0 Å². The zero-order valence-electron chi connectivity index (χ0n) is 6.86. The monoisotopic (exact) mass is 173 g/mol. The number of hydrogen-bond acceptors (Lipinski definition) is 4. The molecule has 0 fully saturated rings. The van der Waals surface area contributed by atoms with E-state index in [4.69, 9.17) is 17.3 Å². The molecule has 0 saturated carbocycles. The third-order valence-electron chi connectivity index (χ3n) is 1.35. The Bertz CT molecular complexity index is 154. The summed E-state index contributed by atoms with van der Waals surface area (Å²) in [6.45, 7) is 0.522. The molecular formula is C6H15N5O. The maximum absolute atomic E-state index is 10.2. The number of hydrogen-bond donors (Lipinski definition) is 4. The minimum Gasteiger partial charge on any atom is -0.370 e. The molecule has 1 atom stereocenters. The van der Waals surface area contributed by atoms with Crippen LogP contribution in [0.3, 0.4) is 0 Å². The van der Waals surface area contributed by atoms with Gasteiger partial charge in [-0.15, -0.1) is 0 Å². The first-order valence-electron chi connectivity index (χ1n) is 3.67. The van der Waals surface area contributed by atoms with Crippen molar-refractivity contribution in [1.29, 1.82) is 0 Å². The maximum atomic E-state index is 10.2. The number of aldehydes is 1. The first-order valence-corrected chi connectivity index (χ1v) is 3.67. The van der Waals surface area contributed by atoms with E-state index in [9.17, 15) is 4.79 Å². The van der Waals surface area contributed by atoms with Crippen molar-refractivity contribution in [3.05, 3.63) is 0 Å². The highest BCUT2D eigenvalue weighted by Gasteiger charge is 2.01. The van der Waals surface area contributed by atoms with Gasteiger partial charge in [-0.05, 0) is 12.8 Å². The molecule has 0 heterocycles. The van der Waals surface area contributed by atoms with Crippen LogP contribution in [0.25, 0.3) is 0 Å². The first kappa shape index (κ1) is 10.9. The first-order chi connectivity index (χ1) is 5.70. The molecule has 0 aromatic rings.